The maximum Gasteiger partial charge on any atom is 0.401 e. The zero-order chi connectivity index (χ0) is 17.1. The second-order valence-electron chi connectivity index (χ2n) is 5.91. The third-order valence-corrected chi connectivity index (χ3v) is 3.66. The first-order valence-corrected chi connectivity index (χ1v) is 7.25. The number of urea groups is 1. The van der Waals surface area contributed by atoms with Crippen LogP contribution in [0.1, 0.15) is 19.1 Å². The molecule has 9 heteroatoms. The predicted octanol–water partition coefficient (Wildman–Crippen LogP) is 1.42. The number of rotatable bonds is 5. The summed E-state index contributed by atoms with van der Waals surface area (Å²) >= 11 is 0. The van der Waals surface area contributed by atoms with Crippen molar-refractivity contribution in [3.63, 3.8) is 0 Å². The van der Waals surface area contributed by atoms with Crippen molar-refractivity contribution in [3.05, 3.63) is 24.2 Å². The molecule has 1 aliphatic rings. The van der Waals surface area contributed by atoms with Crippen LogP contribution in [-0.4, -0.2) is 54.4 Å². The van der Waals surface area contributed by atoms with E-state index in [1.54, 1.807) is 12.1 Å². The van der Waals surface area contributed by atoms with Crippen LogP contribution in [0.2, 0.25) is 0 Å². The SMILES string of the molecule is C[C@](O)(CNC(=O)N[C@@H]1CCN(CC(F)(F)F)C1)c1ccco1. The van der Waals surface area contributed by atoms with Crippen LogP contribution in [-0.2, 0) is 5.60 Å². The Morgan fingerprint density at radius 2 is 2.26 bits per heavy atom. The molecule has 0 aliphatic carbocycles. The molecular formula is C14H20F3N3O3. The molecule has 0 radical (unpaired) electrons. The van der Waals surface area contributed by atoms with Crippen LogP contribution in [0.4, 0.5) is 18.0 Å². The Hall–Kier alpha value is -1.74. The number of aliphatic hydroxyl groups is 1. The highest BCUT2D eigenvalue weighted by Crippen LogP contribution is 2.21. The summed E-state index contributed by atoms with van der Waals surface area (Å²) in [6.45, 7) is 0.883. The Balaban J connectivity index is 1.74. The lowest BCUT2D eigenvalue weighted by Crippen LogP contribution is -2.47. The summed E-state index contributed by atoms with van der Waals surface area (Å²) in [5, 5.41) is 15.3. The maximum absolute atomic E-state index is 12.3. The first-order chi connectivity index (χ1) is 10.7. The maximum atomic E-state index is 12.3. The standard InChI is InChI=1S/C14H20F3N3O3/c1-13(22,11-3-2-6-23-11)8-18-12(21)19-10-4-5-20(7-10)9-14(15,16)17/h2-3,6,10,22H,4-5,7-9H2,1H3,(H2,18,19,21)/t10-,13+/m1/s1. The van der Waals surface area contributed by atoms with E-state index in [0.29, 0.717) is 12.2 Å². The van der Waals surface area contributed by atoms with E-state index in [9.17, 15) is 23.1 Å². The quantitative estimate of drug-likeness (QED) is 0.761. The van der Waals surface area contributed by atoms with Crippen molar-refractivity contribution in [2.75, 3.05) is 26.2 Å². The van der Waals surface area contributed by atoms with Crippen LogP contribution in [0, 0.1) is 0 Å². The lowest BCUT2D eigenvalue weighted by Gasteiger charge is -2.22. The first kappa shape index (κ1) is 17.6. The molecular weight excluding hydrogens is 315 g/mol. The van der Waals surface area contributed by atoms with E-state index >= 15 is 0 Å². The molecule has 130 valence electrons. The summed E-state index contributed by atoms with van der Waals surface area (Å²) in [4.78, 5) is 13.1. The molecule has 0 saturated carbocycles. The molecule has 2 atom stereocenters. The van der Waals surface area contributed by atoms with E-state index in [4.69, 9.17) is 4.42 Å². The minimum absolute atomic E-state index is 0.0780. The Bertz CT molecular complexity index is 517. The molecule has 0 unspecified atom stereocenters. The topological polar surface area (TPSA) is 77.7 Å². The molecule has 1 aromatic heterocycles. The number of halogens is 3. The van der Waals surface area contributed by atoms with Crippen molar-refractivity contribution in [3.8, 4) is 0 Å². The smallest absolute Gasteiger partial charge is 0.401 e. The Morgan fingerprint density at radius 1 is 1.52 bits per heavy atom. The van der Waals surface area contributed by atoms with Crippen molar-refractivity contribution in [1.82, 2.24) is 15.5 Å². The van der Waals surface area contributed by atoms with Crippen molar-refractivity contribution in [1.29, 1.82) is 0 Å². The largest absolute Gasteiger partial charge is 0.466 e. The number of nitrogens with zero attached hydrogens (tertiary/aromatic N) is 1. The number of likely N-dealkylation sites (tertiary alicyclic amines) is 1. The highest BCUT2D eigenvalue weighted by Gasteiger charge is 2.35. The van der Waals surface area contributed by atoms with Crippen LogP contribution in [0.25, 0.3) is 0 Å². The van der Waals surface area contributed by atoms with Crippen LogP contribution >= 0.6 is 0 Å². The van der Waals surface area contributed by atoms with Gasteiger partial charge in [-0.15, -0.1) is 0 Å². The number of amides is 2. The molecule has 1 fully saturated rings. The number of carbonyl (C=O) groups is 1. The van der Waals surface area contributed by atoms with Gasteiger partial charge in [0.1, 0.15) is 11.4 Å². The normalized spacial score (nSPS) is 21.9. The van der Waals surface area contributed by atoms with Gasteiger partial charge >= 0.3 is 12.2 Å². The molecule has 0 bridgehead atoms. The molecule has 0 aromatic carbocycles. The van der Waals surface area contributed by atoms with E-state index in [-0.39, 0.29) is 25.7 Å². The number of alkyl halides is 3. The summed E-state index contributed by atoms with van der Waals surface area (Å²) in [6.07, 6.45) is -2.37. The van der Waals surface area contributed by atoms with Crippen LogP contribution in [0.5, 0.6) is 0 Å². The van der Waals surface area contributed by atoms with Gasteiger partial charge in [-0.2, -0.15) is 13.2 Å². The van der Waals surface area contributed by atoms with Crippen LogP contribution in [0.15, 0.2) is 22.8 Å². The number of hydrogen-bond acceptors (Lipinski definition) is 4. The predicted molar refractivity (Wildman–Crippen MR) is 75.7 cm³/mol. The monoisotopic (exact) mass is 335 g/mol. The van der Waals surface area contributed by atoms with E-state index in [1.165, 1.54) is 18.1 Å². The summed E-state index contributed by atoms with van der Waals surface area (Å²) in [6, 6.07) is 2.34. The average Bonchev–Trinajstić information content (AvgIpc) is 3.06. The molecule has 3 N–H and O–H groups in total. The van der Waals surface area contributed by atoms with Gasteiger partial charge in [0.2, 0.25) is 0 Å². The van der Waals surface area contributed by atoms with Crippen LogP contribution < -0.4 is 10.6 Å². The molecule has 6 nitrogen and oxygen atoms in total. The Kier molecular flexibility index (Phi) is 5.20. The van der Waals surface area contributed by atoms with Gasteiger partial charge in [-0.1, -0.05) is 0 Å². The Labute approximate surface area is 131 Å². The molecule has 23 heavy (non-hydrogen) atoms. The minimum atomic E-state index is -4.24. The van der Waals surface area contributed by atoms with Gasteiger partial charge in [-0.05, 0) is 25.5 Å². The van der Waals surface area contributed by atoms with Crippen molar-refractivity contribution < 1.29 is 27.5 Å². The highest BCUT2D eigenvalue weighted by molar-refractivity contribution is 5.74. The fourth-order valence-corrected chi connectivity index (χ4v) is 2.51. The number of nitrogens with one attached hydrogen (secondary N) is 2. The summed E-state index contributed by atoms with van der Waals surface area (Å²) < 4.78 is 42.0. The van der Waals surface area contributed by atoms with E-state index in [2.05, 4.69) is 10.6 Å². The second kappa shape index (κ2) is 6.79. The van der Waals surface area contributed by atoms with Gasteiger partial charge in [0, 0.05) is 19.1 Å². The van der Waals surface area contributed by atoms with Crippen molar-refractivity contribution in [2.24, 2.45) is 0 Å². The van der Waals surface area contributed by atoms with Crippen LogP contribution in [0.3, 0.4) is 0 Å². The van der Waals surface area contributed by atoms with Gasteiger partial charge in [-0.25, -0.2) is 4.79 Å². The van der Waals surface area contributed by atoms with Gasteiger partial charge in [-0.3, -0.25) is 4.90 Å². The van der Waals surface area contributed by atoms with E-state index < -0.39 is 24.4 Å². The Morgan fingerprint density at radius 3 is 2.87 bits per heavy atom. The third kappa shape index (κ3) is 5.43. The first-order valence-electron chi connectivity index (χ1n) is 7.25. The van der Waals surface area contributed by atoms with Gasteiger partial charge in [0.05, 0.1) is 19.4 Å². The fourth-order valence-electron chi connectivity index (χ4n) is 2.51. The zero-order valence-electron chi connectivity index (χ0n) is 12.7. The van der Waals surface area contributed by atoms with Gasteiger partial charge in [0.15, 0.2) is 0 Å². The molecule has 2 rings (SSSR count). The van der Waals surface area contributed by atoms with E-state index in [0.717, 1.165) is 0 Å². The number of hydrogen-bond donors (Lipinski definition) is 3. The minimum Gasteiger partial charge on any atom is -0.466 e. The number of furan rings is 1. The molecule has 0 spiro atoms. The van der Waals surface area contributed by atoms with Crippen molar-refractivity contribution >= 4 is 6.03 Å². The van der Waals surface area contributed by atoms with Gasteiger partial charge < -0.3 is 20.2 Å². The van der Waals surface area contributed by atoms with Gasteiger partial charge in [0.25, 0.3) is 0 Å². The fraction of sp³-hybridized carbons (Fsp3) is 0.643. The van der Waals surface area contributed by atoms with Crippen molar-refractivity contribution in [2.45, 2.75) is 31.2 Å². The summed E-state index contributed by atoms with van der Waals surface area (Å²) in [5.41, 5.74) is -1.36. The third-order valence-electron chi connectivity index (χ3n) is 3.66. The lowest BCUT2D eigenvalue weighted by molar-refractivity contribution is -0.143. The molecule has 1 aliphatic heterocycles. The number of carbonyl (C=O) groups excluding carboxylic acids is 1. The van der Waals surface area contributed by atoms with E-state index in [1.807, 2.05) is 0 Å². The summed E-state index contributed by atoms with van der Waals surface area (Å²) in [7, 11) is 0. The molecule has 2 amide bonds. The average molecular weight is 335 g/mol. The lowest BCUT2D eigenvalue weighted by atomic mass is 10.0. The summed E-state index contributed by atoms with van der Waals surface area (Å²) in [5.74, 6) is 0.315. The second-order valence-corrected chi connectivity index (χ2v) is 5.91. The zero-order valence-corrected chi connectivity index (χ0v) is 12.7. The molecule has 2 heterocycles. The molecule has 1 aromatic rings. The highest BCUT2D eigenvalue weighted by atomic mass is 19.4. The molecule has 1 saturated heterocycles.